The van der Waals surface area contributed by atoms with Crippen molar-refractivity contribution in [3.8, 4) is 11.5 Å². The number of aromatic hydroxyl groups is 1. The average molecular weight is 526 g/mol. The molecule has 1 N–H and O–H groups in total. The predicted molar refractivity (Wildman–Crippen MR) is 146 cm³/mol. The van der Waals surface area contributed by atoms with Crippen LogP contribution < -0.4 is 9.64 Å². The Morgan fingerprint density at radius 2 is 1.86 bits per heavy atom. The maximum atomic E-state index is 10.1. The lowest BCUT2D eigenvalue weighted by Crippen LogP contribution is -2.61. The van der Waals surface area contributed by atoms with Gasteiger partial charge in [-0.05, 0) is 73.3 Å². The molecule has 0 saturated heterocycles. The molecule has 0 bridgehead atoms. The monoisotopic (exact) mass is 525 g/mol. The second-order valence-corrected chi connectivity index (χ2v) is 10.5. The number of anilines is 1. The predicted octanol–water partition coefficient (Wildman–Crippen LogP) is 7.28. The summed E-state index contributed by atoms with van der Waals surface area (Å²) in [5.74, 6) is 0.956. The number of phenolic OH excluding ortho intramolecular Hbond substituents is 1. The van der Waals surface area contributed by atoms with Crippen molar-refractivity contribution in [1.29, 1.82) is 0 Å². The summed E-state index contributed by atoms with van der Waals surface area (Å²) in [5.41, 5.74) is 3.69. The summed E-state index contributed by atoms with van der Waals surface area (Å²) in [6.07, 6.45) is 3.62. The van der Waals surface area contributed by atoms with E-state index in [-0.39, 0.29) is 11.2 Å². The zero-order valence-corrected chi connectivity index (χ0v) is 21.2. The minimum absolute atomic E-state index is 0.189. The molecule has 174 valence electrons. The molecule has 2 heterocycles. The van der Waals surface area contributed by atoms with Crippen molar-refractivity contribution in [2.75, 3.05) is 11.9 Å². The highest BCUT2D eigenvalue weighted by atomic mass is 79.9. The highest BCUT2D eigenvalue weighted by molar-refractivity contribution is 9.10. The summed E-state index contributed by atoms with van der Waals surface area (Å²) in [6.45, 7) is 4.42. The van der Waals surface area contributed by atoms with Crippen LogP contribution in [-0.4, -0.2) is 30.3 Å². The molecule has 0 aromatic heterocycles. The van der Waals surface area contributed by atoms with Gasteiger partial charge in [-0.1, -0.05) is 40.2 Å². The van der Waals surface area contributed by atoms with Crippen LogP contribution in [0.2, 0.25) is 0 Å². The van der Waals surface area contributed by atoms with Gasteiger partial charge in [-0.2, -0.15) is 0 Å². The van der Waals surface area contributed by atoms with E-state index in [9.17, 15) is 5.11 Å². The second kappa shape index (κ2) is 7.68. The Morgan fingerprint density at radius 3 is 2.69 bits per heavy atom. The van der Waals surface area contributed by atoms with Gasteiger partial charge in [0.2, 0.25) is 5.72 Å². The van der Waals surface area contributed by atoms with E-state index in [1.807, 2.05) is 42.6 Å². The molecule has 1 unspecified atom stereocenters. The van der Waals surface area contributed by atoms with E-state index in [0.717, 1.165) is 38.1 Å². The molecule has 35 heavy (non-hydrogen) atoms. The maximum absolute atomic E-state index is 10.1. The molecule has 2 aliphatic heterocycles. The third-order valence-corrected chi connectivity index (χ3v) is 7.74. The Labute approximate surface area is 212 Å². The van der Waals surface area contributed by atoms with E-state index >= 15 is 0 Å². The van der Waals surface area contributed by atoms with Crippen LogP contribution in [0.15, 0.2) is 87.3 Å². The van der Waals surface area contributed by atoms with Crippen molar-refractivity contribution in [3.63, 3.8) is 0 Å². The topological polar surface area (TPSA) is 57.4 Å². The van der Waals surface area contributed by atoms with Crippen LogP contribution in [-0.2, 0) is 5.41 Å². The number of rotatable bonds is 2. The zero-order valence-electron chi connectivity index (χ0n) is 19.7. The van der Waals surface area contributed by atoms with E-state index in [1.54, 1.807) is 18.3 Å². The minimum Gasteiger partial charge on any atom is -0.507 e. The summed E-state index contributed by atoms with van der Waals surface area (Å²) in [7, 11) is 2.07. The smallest absolute Gasteiger partial charge is 0.228 e. The lowest BCUT2D eigenvalue weighted by atomic mass is 9.77. The Kier molecular flexibility index (Phi) is 4.80. The summed E-state index contributed by atoms with van der Waals surface area (Å²) in [4.78, 5) is 11.7. The summed E-state index contributed by atoms with van der Waals surface area (Å²) >= 11 is 3.43. The summed E-state index contributed by atoms with van der Waals surface area (Å²) < 4.78 is 7.66. The molecular weight excluding hydrogens is 502 g/mol. The standard InChI is InChI=1S/C29H24BrN3O2/c1-28(2)23-6-4-5-7-24(23)33(3)29(28)17-32-27-22-11-10-21(15-18(22)8-13-26(27)35-29)31-16-19-14-20(30)9-12-25(19)34/h4-17,34H,1-3H3. The van der Waals surface area contributed by atoms with Crippen molar-refractivity contribution < 1.29 is 9.84 Å². The number of ether oxygens (including phenoxy) is 1. The van der Waals surface area contributed by atoms with Crippen LogP contribution in [0.25, 0.3) is 10.8 Å². The van der Waals surface area contributed by atoms with Crippen LogP contribution >= 0.6 is 15.9 Å². The summed E-state index contributed by atoms with van der Waals surface area (Å²) in [6, 6.07) is 23.7. The van der Waals surface area contributed by atoms with Crippen LogP contribution in [0.3, 0.4) is 0 Å². The molecule has 1 atom stereocenters. The molecular formula is C29H24BrN3O2. The van der Waals surface area contributed by atoms with Gasteiger partial charge in [0.05, 0.1) is 17.3 Å². The molecule has 0 aliphatic carbocycles. The number of hydrogen-bond donors (Lipinski definition) is 1. The van der Waals surface area contributed by atoms with Crippen molar-refractivity contribution in [1.82, 2.24) is 0 Å². The van der Waals surface area contributed by atoms with Gasteiger partial charge in [0.1, 0.15) is 17.2 Å². The van der Waals surface area contributed by atoms with Gasteiger partial charge in [-0.25, -0.2) is 0 Å². The first-order valence-corrected chi connectivity index (χ1v) is 12.3. The lowest BCUT2D eigenvalue weighted by molar-refractivity contribution is 0.0826. The average Bonchev–Trinajstić information content (AvgIpc) is 3.02. The van der Waals surface area contributed by atoms with Gasteiger partial charge >= 0.3 is 0 Å². The number of likely N-dealkylation sites (N-methyl/N-ethyl adjacent to an activating group) is 1. The second-order valence-electron chi connectivity index (χ2n) is 9.54. The quantitative estimate of drug-likeness (QED) is 0.280. The van der Waals surface area contributed by atoms with Crippen molar-refractivity contribution >= 4 is 56.2 Å². The zero-order chi connectivity index (χ0) is 24.4. The molecule has 0 radical (unpaired) electrons. The van der Waals surface area contributed by atoms with Gasteiger partial charge in [-0.3, -0.25) is 9.98 Å². The first-order valence-electron chi connectivity index (χ1n) is 11.5. The van der Waals surface area contributed by atoms with Crippen molar-refractivity contribution in [2.24, 2.45) is 9.98 Å². The van der Waals surface area contributed by atoms with Crippen molar-refractivity contribution in [3.05, 3.63) is 88.4 Å². The van der Waals surface area contributed by atoms with Gasteiger partial charge in [-0.15, -0.1) is 0 Å². The number of benzene rings is 4. The van der Waals surface area contributed by atoms with Gasteiger partial charge in [0.25, 0.3) is 0 Å². The number of halogens is 1. The summed E-state index contributed by atoms with van der Waals surface area (Å²) in [5, 5.41) is 12.1. The highest BCUT2D eigenvalue weighted by Gasteiger charge is 2.58. The number of hydrogen-bond acceptors (Lipinski definition) is 5. The molecule has 0 fully saturated rings. The molecule has 2 aliphatic rings. The van der Waals surface area contributed by atoms with E-state index in [1.165, 1.54) is 5.56 Å². The first kappa shape index (κ1) is 21.9. The van der Waals surface area contributed by atoms with Crippen LogP contribution in [0.4, 0.5) is 17.1 Å². The fourth-order valence-electron chi connectivity index (χ4n) is 5.23. The largest absolute Gasteiger partial charge is 0.507 e. The fraction of sp³-hybridized carbons (Fsp3) is 0.172. The lowest BCUT2D eigenvalue weighted by Gasteiger charge is -2.45. The molecule has 4 aromatic rings. The normalized spacial score (nSPS) is 19.8. The molecule has 1 spiro atoms. The molecule has 6 rings (SSSR count). The SMILES string of the molecule is CN1c2ccccc2C(C)(C)C12C=Nc1c(ccc3cc(N=Cc4cc(Br)ccc4O)ccc13)O2. The van der Waals surface area contributed by atoms with E-state index < -0.39 is 5.72 Å². The van der Waals surface area contributed by atoms with Crippen molar-refractivity contribution in [2.45, 2.75) is 25.0 Å². The first-order chi connectivity index (χ1) is 16.8. The molecule has 0 amide bonds. The van der Waals surface area contributed by atoms with E-state index in [2.05, 4.69) is 71.0 Å². The maximum Gasteiger partial charge on any atom is 0.228 e. The Balaban J connectivity index is 1.37. The van der Waals surface area contributed by atoms with Gasteiger partial charge in [0, 0.05) is 34.4 Å². The third-order valence-electron chi connectivity index (χ3n) is 7.25. The van der Waals surface area contributed by atoms with Crippen LogP contribution in [0.1, 0.15) is 25.0 Å². The number of fused-ring (bicyclic) bond motifs is 4. The Hall–Kier alpha value is -3.64. The Bertz CT molecular complexity index is 1560. The van der Waals surface area contributed by atoms with E-state index in [0.29, 0.717) is 5.56 Å². The fourth-order valence-corrected chi connectivity index (χ4v) is 5.60. The van der Waals surface area contributed by atoms with Crippen LogP contribution in [0, 0.1) is 0 Å². The molecule has 6 heteroatoms. The molecule has 5 nitrogen and oxygen atoms in total. The number of aliphatic imine (C=N–C) groups is 2. The number of nitrogens with zero attached hydrogens (tertiary/aromatic N) is 3. The third kappa shape index (κ3) is 3.20. The van der Waals surface area contributed by atoms with E-state index in [4.69, 9.17) is 9.73 Å². The van der Waals surface area contributed by atoms with Gasteiger partial charge < -0.3 is 14.7 Å². The molecule has 0 saturated carbocycles. The Morgan fingerprint density at radius 1 is 1.03 bits per heavy atom. The van der Waals surface area contributed by atoms with Crippen LogP contribution in [0.5, 0.6) is 11.5 Å². The number of phenols is 1. The molecule has 4 aromatic carbocycles. The van der Waals surface area contributed by atoms with Gasteiger partial charge in [0.15, 0.2) is 0 Å². The highest BCUT2D eigenvalue weighted by Crippen LogP contribution is 2.54. The minimum atomic E-state index is -0.701. The number of para-hydroxylation sites is 1.